The Labute approximate surface area is 98.1 Å². The lowest BCUT2D eigenvalue weighted by Gasteiger charge is -2.01. The van der Waals surface area contributed by atoms with Crippen molar-refractivity contribution in [2.75, 3.05) is 6.26 Å². The molecule has 1 aromatic heterocycles. The van der Waals surface area contributed by atoms with E-state index in [0.29, 0.717) is 5.56 Å². The monoisotopic (exact) mass is 235 g/mol. The molecule has 0 saturated carbocycles. The van der Waals surface area contributed by atoms with Gasteiger partial charge in [0.1, 0.15) is 0 Å². The summed E-state index contributed by atoms with van der Waals surface area (Å²) in [4.78, 5) is 10.9. The summed E-state index contributed by atoms with van der Waals surface area (Å²) in [7, 11) is 2.01. The van der Waals surface area contributed by atoms with Crippen LogP contribution in [-0.4, -0.2) is 21.9 Å². The van der Waals surface area contributed by atoms with Crippen LogP contribution in [0, 0.1) is 0 Å². The van der Waals surface area contributed by atoms with Gasteiger partial charge >= 0.3 is 5.97 Å². The van der Waals surface area contributed by atoms with Gasteiger partial charge in [0.25, 0.3) is 0 Å². The molecule has 0 bridgehead atoms. The zero-order valence-electron chi connectivity index (χ0n) is 9.23. The van der Waals surface area contributed by atoms with Gasteiger partial charge in [0.2, 0.25) is 0 Å². The molecule has 84 valence electrons. The Bertz CT molecular complexity index is 545. The van der Waals surface area contributed by atoms with E-state index >= 15 is 0 Å². The molecule has 4 heteroatoms. The van der Waals surface area contributed by atoms with Crippen LogP contribution in [0.5, 0.6) is 0 Å². The van der Waals surface area contributed by atoms with Crippen LogP contribution in [0.2, 0.25) is 0 Å². The summed E-state index contributed by atoms with van der Waals surface area (Å²) in [6, 6.07) is 7.29. The predicted molar refractivity (Wildman–Crippen MR) is 67.1 cm³/mol. The summed E-state index contributed by atoms with van der Waals surface area (Å²) in [6.07, 6.45) is 2.06. The number of fused-ring (bicyclic) bond motifs is 1. The van der Waals surface area contributed by atoms with E-state index in [1.54, 1.807) is 23.9 Å². The lowest BCUT2D eigenvalue weighted by atomic mass is 10.1. The third-order valence-electron chi connectivity index (χ3n) is 2.68. The van der Waals surface area contributed by atoms with Crippen molar-refractivity contribution in [1.82, 2.24) is 4.57 Å². The molecule has 0 aliphatic heterocycles. The molecular weight excluding hydrogens is 222 g/mol. The molecule has 2 aromatic rings. The van der Waals surface area contributed by atoms with Crippen LogP contribution in [-0.2, 0) is 12.8 Å². The summed E-state index contributed by atoms with van der Waals surface area (Å²) in [5.74, 6) is 0.0605. The first-order valence-corrected chi connectivity index (χ1v) is 6.33. The minimum atomic E-state index is -0.878. The second-order valence-corrected chi connectivity index (χ2v) is 4.57. The number of thioether (sulfide) groups is 1. The number of benzene rings is 1. The summed E-state index contributed by atoms with van der Waals surface area (Å²) in [6.45, 7) is 0. The van der Waals surface area contributed by atoms with Crippen molar-refractivity contribution in [2.24, 2.45) is 7.05 Å². The third kappa shape index (κ3) is 1.80. The van der Waals surface area contributed by atoms with Crippen LogP contribution in [0.4, 0.5) is 0 Å². The van der Waals surface area contributed by atoms with E-state index in [1.165, 1.54) is 5.69 Å². The molecule has 0 spiro atoms. The van der Waals surface area contributed by atoms with Gasteiger partial charge in [0.05, 0.1) is 5.56 Å². The topological polar surface area (TPSA) is 42.2 Å². The number of carboxylic acids is 1. The van der Waals surface area contributed by atoms with Crippen molar-refractivity contribution in [3.63, 3.8) is 0 Å². The highest BCUT2D eigenvalue weighted by atomic mass is 32.2. The van der Waals surface area contributed by atoms with Crippen molar-refractivity contribution in [3.05, 3.63) is 35.5 Å². The van der Waals surface area contributed by atoms with Crippen LogP contribution in [0.25, 0.3) is 10.9 Å². The lowest BCUT2D eigenvalue weighted by Crippen LogP contribution is -1.96. The number of hydrogen-bond acceptors (Lipinski definition) is 2. The van der Waals surface area contributed by atoms with E-state index in [4.69, 9.17) is 5.11 Å². The Morgan fingerprint density at radius 3 is 2.81 bits per heavy atom. The van der Waals surface area contributed by atoms with E-state index in [-0.39, 0.29) is 0 Å². The Morgan fingerprint density at radius 1 is 1.44 bits per heavy atom. The Balaban J connectivity index is 2.58. The second kappa shape index (κ2) is 4.22. The highest BCUT2D eigenvalue weighted by Gasteiger charge is 2.08. The van der Waals surface area contributed by atoms with Crippen molar-refractivity contribution >= 4 is 28.6 Å². The number of rotatable bonds is 3. The van der Waals surface area contributed by atoms with Gasteiger partial charge in [-0.1, -0.05) is 0 Å². The molecule has 0 radical (unpaired) electrons. The fourth-order valence-electron chi connectivity index (χ4n) is 1.83. The SMILES string of the molecule is CSCc1cc2cc(C(=O)O)ccc2n1C. The number of carbonyl (C=O) groups is 1. The highest BCUT2D eigenvalue weighted by Crippen LogP contribution is 2.22. The smallest absolute Gasteiger partial charge is 0.335 e. The molecule has 0 aliphatic rings. The molecule has 0 saturated heterocycles. The zero-order chi connectivity index (χ0) is 11.7. The Morgan fingerprint density at radius 2 is 2.19 bits per heavy atom. The van der Waals surface area contributed by atoms with E-state index in [9.17, 15) is 4.79 Å². The minimum absolute atomic E-state index is 0.341. The standard InChI is InChI=1S/C12H13NO2S/c1-13-10(7-16-2)6-9-5-8(12(14)15)3-4-11(9)13/h3-6H,7H2,1-2H3,(H,14,15). The van der Waals surface area contributed by atoms with Crippen molar-refractivity contribution in [2.45, 2.75) is 5.75 Å². The van der Waals surface area contributed by atoms with Crippen LogP contribution >= 0.6 is 11.8 Å². The maximum atomic E-state index is 10.9. The summed E-state index contributed by atoms with van der Waals surface area (Å²) >= 11 is 1.76. The number of aromatic nitrogens is 1. The number of hydrogen-bond donors (Lipinski definition) is 1. The molecule has 1 aromatic carbocycles. The van der Waals surface area contributed by atoms with Crippen LogP contribution in [0.15, 0.2) is 24.3 Å². The summed E-state index contributed by atoms with van der Waals surface area (Å²) < 4.78 is 2.11. The van der Waals surface area contributed by atoms with Gasteiger partial charge in [0, 0.05) is 29.4 Å². The van der Waals surface area contributed by atoms with Crippen LogP contribution in [0.1, 0.15) is 16.1 Å². The Hall–Kier alpha value is -1.42. The van der Waals surface area contributed by atoms with Gasteiger partial charge in [-0.15, -0.1) is 0 Å². The first kappa shape index (κ1) is 11.1. The predicted octanol–water partition coefficient (Wildman–Crippen LogP) is 2.74. The fourth-order valence-corrected chi connectivity index (χ4v) is 2.40. The van der Waals surface area contributed by atoms with Crippen LogP contribution < -0.4 is 0 Å². The fraction of sp³-hybridized carbons (Fsp3) is 0.250. The van der Waals surface area contributed by atoms with Gasteiger partial charge in [-0.05, 0) is 30.5 Å². The average Bonchev–Trinajstić information content (AvgIpc) is 2.56. The number of aryl methyl sites for hydroxylation is 1. The number of aromatic carboxylic acids is 1. The van der Waals surface area contributed by atoms with E-state index < -0.39 is 5.97 Å². The van der Waals surface area contributed by atoms with Gasteiger partial charge in [-0.25, -0.2) is 4.79 Å². The molecule has 3 nitrogen and oxygen atoms in total. The van der Waals surface area contributed by atoms with Gasteiger partial charge < -0.3 is 9.67 Å². The Kier molecular flexibility index (Phi) is 2.92. The average molecular weight is 235 g/mol. The highest BCUT2D eigenvalue weighted by molar-refractivity contribution is 7.97. The molecule has 0 aliphatic carbocycles. The molecular formula is C12H13NO2S. The van der Waals surface area contributed by atoms with Crippen molar-refractivity contribution in [3.8, 4) is 0 Å². The maximum Gasteiger partial charge on any atom is 0.335 e. The normalized spacial score (nSPS) is 10.9. The third-order valence-corrected chi connectivity index (χ3v) is 3.27. The van der Waals surface area contributed by atoms with Crippen molar-refractivity contribution < 1.29 is 9.90 Å². The van der Waals surface area contributed by atoms with Crippen LogP contribution in [0.3, 0.4) is 0 Å². The minimum Gasteiger partial charge on any atom is -0.478 e. The molecule has 2 rings (SSSR count). The molecule has 0 amide bonds. The first-order valence-electron chi connectivity index (χ1n) is 4.94. The molecule has 16 heavy (non-hydrogen) atoms. The van der Waals surface area contributed by atoms with Gasteiger partial charge in [0.15, 0.2) is 0 Å². The molecule has 1 N–H and O–H groups in total. The second-order valence-electron chi connectivity index (χ2n) is 3.71. The van der Waals surface area contributed by atoms with Gasteiger partial charge in [-0.2, -0.15) is 11.8 Å². The summed E-state index contributed by atoms with van der Waals surface area (Å²) in [5, 5.41) is 9.90. The quantitative estimate of drug-likeness (QED) is 0.889. The van der Waals surface area contributed by atoms with Crippen molar-refractivity contribution in [1.29, 1.82) is 0 Å². The number of nitrogens with zero attached hydrogens (tertiary/aromatic N) is 1. The van der Waals surface area contributed by atoms with E-state index in [2.05, 4.69) is 16.9 Å². The van der Waals surface area contributed by atoms with E-state index in [0.717, 1.165) is 16.7 Å². The molecule has 0 unspecified atom stereocenters. The first-order chi connectivity index (χ1) is 7.63. The van der Waals surface area contributed by atoms with Gasteiger partial charge in [-0.3, -0.25) is 0 Å². The largest absolute Gasteiger partial charge is 0.478 e. The molecule has 1 heterocycles. The lowest BCUT2D eigenvalue weighted by molar-refractivity contribution is 0.0697. The molecule has 0 atom stereocenters. The maximum absolute atomic E-state index is 10.9. The zero-order valence-corrected chi connectivity index (χ0v) is 10.0. The summed E-state index contributed by atoms with van der Waals surface area (Å²) in [5.41, 5.74) is 2.63. The van der Waals surface area contributed by atoms with E-state index in [1.807, 2.05) is 13.1 Å². The number of carboxylic acid groups (broad SMARTS) is 1. The molecule has 0 fully saturated rings.